The molecule has 2 aliphatic heterocycles. The number of aromatic nitrogens is 1. The van der Waals surface area contributed by atoms with E-state index in [9.17, 15) is 9.90 Å². The molecule has 120 valence electrons. The Balaban J connectivity index is 1.53. The molecule has 0 unspecified atom stereocenters. The van der Waals surface area contributed by atoms with Gasteiger partial charge in [-0.3, -0.25) is 4.79 Å². The molecule has 5 nitrogen and oxygen atoms in total. The molecule has 0 saturated carbocycles. The maximum Gasteiger partial charge on any atom is 0.273 e. The van der Waals surface area contributed by atoms with Crippen LogP contribution in [-0.4, -0.2) is 47.1 Å². The van der Waals surface area contributed by atoms with Gasteiger partial charge >= 0.3 is 0 Å². The number of hydrogen-bond acceptors (Lipinski definition) is 5. The number of nitrogens with zero attached hydrogens (tertiary/aromatic N) is 2. The number of benzene rings is 1. The molecule has 2 atom stereocenters. The van der Waals surface area contributed by atoms with E-state index in [1.54, 1.807) is 12.1 Å². The molecule has 0 bridgehead atoms. The lowest BCUT2D eigenvalue weighted by Gasteiger charge is -2.21. The van der Waals surface area contributed by atoms with E-state index in [2.05, 4.69) is 17.2 Å². The quantitative estimate of drug-likeness (QED) is 0.886. The van der Waals surface area contributed by atoms with E-state index >= 15 is 0 Å². The zero-order valence-electron chi connectivity index (χ0n) is 13.0. The Morgan fingerprint density at radius 2 is 2.22 bits per heavy atom. The zero-order valence-corrected chi connectivity index (χ0v) is 13.8. The standard InChI is InChI=1S/C17H19N3O2S/c1-17-9-18-6-12(17)7-20(10-17)16(22)14-8-23-15(19-14)11-2-4-13(21)5-3-11/h2-5,8,12,18,21H,6-7,9-10H2,1H3/t12-,17+/m0/s1. The van der Waals surface area contributed by atoms with E-state index in [0.717, 1.165) is 36.8 Å². The fourth-order valence-electron chi connectivity index (χ4n) is 3.58. The van der Waals surface area contributed by atoms with Gasteiger partial charge in [-0.05, 0) is 30.2 Å². The summed E-state index contributed by atoms with van der Waals surface area (Å²) in [5, 5.41) is 15.4. The van der Waals surface area contributed by atoms with Crippen molar-refractivity contribution in [3.63, 3.8) is 0 Å². The largest absolute Gasteiger partial charge is 0.508 e. The molecular formula is C17H19N3O2S. The van der Waals surface area contributed by atoms with Gasteiger partial charge in [0.1, 0.15) is 16.5 Å². The van der Waals surface area contributed by atoms with Crippen LogP contribution in [-0.2, 0) is 0 Å². The monoisotopic (exact) mass is 329 g/mol. The maximum atomic E-state index is 12.7. The molecule has 0 spiro atoms. The van der Waals surface area contributed by atoms with Gasteiger partial charge in [0.15, 0.2) is 0 Å². The van der Waals surface area contributed by atoms with Gasteiger partial charge < -0.3 is 15.3 Å². The van der Waals surface area contributed by atoms with Crippen molar-refractivity contribution in [2.45, 2.75) is 6.92 Å². The number of fused-ring (bicyclic) bond motifs is 1. The van der Waals surface area contributed by atoms with E-state index in [1.165, 1.54) is 11.3 Å². The Hall–Kier alpha value is -1.92. The summed E-state index contributed by atoms with van der Waals surface area (Å²) < 4.78 is 0. The van der Waals surface area contributed by atoms with Crippen molar-refractivity contribution in [2.24, 2.45) is 11.3 Å². The predicted octanol–water partition coefficient (Wildman–Crippen LogP) is 2.20. The Morgan fingerprint density at radius 3 is 2.96 bits per heavy atom. The predicted molar refractivity (Wildman–Crippen MR) is 89.6 cm³/mol. The van der Waals surface area contributed by atoms with Crippen molar-refractivity contribution in [2.75, 3.05) is 26.2 Å². The van der Waals surface area contributed by atoms with Gasteiger partial charge in [-0.15, -0.1) is 11.3 Å². The lowest BCUT2D eigenvalue weighted by Crippen LogP contribution is -2.34. The normalized spacial score (nSPS) is 26.5. The number of hydrogen-bond donors (Lipinski definition) is 2. The minimum atomic E-state index is 0.0295. The average molecular weight is 329 g/mol. The summed E-state index contributed by atoms with van der Waals surface area (Å²) >= 11 is 1.46. The highest BCUT2D eigenvalue weighted by Crippen LogP contribution is 2.39. The van der Waals surface area contributed by atoms with Crippen LogP contribution in [0, 0.1) is 11.3 Å². The highest BCUT2D eigenvalue weighted by molar-refractivity contribution is 7.13. The first kappa shape index (κ1) is 14.7. The second-order valence-corrected chi connectivity index (χ2v) is 7.61. The third-order valence-electron chi connectivity index (χ3n) is 5.02. The van der Waals surface area contributed by atoms with E-state index in [-0.39, 0.29) is 17.1 Å². The molecule has 1 aromatic heterocycles. The van der Waals surface area contributed by atoms with Gasteiger partial charge in [-0.2, -0.15) is 0 Å². The molecule has 6 heteroatoms. The zero-order chi connectivity index (χ0) is 16.0. The smallest absolute Gasteiger partial charge is 0.273 e. The number of nitrogens with one attached hydrogen (secondary N) is 1. The molecule has 23 heavy (non-hydrogen) atoms. The second kappa shape index (κ2) is 5.32. The van der Waals surface area contributed by atoms with E-state index in [0.29, 0.717) is 11.6 Å². The van der Waals surface area contributed by atoms with Crippen LogP contribution in [0.15, 0.2) is 29.6 Å². The highest BCUT2D eigenvalue weighted by atomic mass is 32.1. The van der Waals surface area contributed by atoms with Gasteiger partial charge in [-0.25, -0.2) is 4.98 Å². The lowest BCUT2D eigenvalue weighted by atomic mass is 9.83. The van der Waals surface area contributed by atoms with Crippen LogP contribution in [0.5, 0.6) is 5.75 Å². The van der Waals surface area contributed by atoms with Crippen molar-refractivity contribution in [3.8, 4) is 16.3 Å². The molecule has 2 saturated heterocycles. The van der Waals surface area contributed by atoms with Crippen LogP contribution >= 0.6 is 11.3 Å². The fraction of sp³-hybridized carbons (Fsp3) is 0.412. The second-order valence-electron chi connectivity index (χ2n) is 6.75. The van der Waals surface area contributed by atoms with Crippen molar-refractivity contribution in [1.82, 2.24) is 15.2 Å². The van der Waals surface area contributed by atoms with Crippen LogP contribution in [0.1, 0.15) is 17.4 Å². The van der Waals surface area contributed by atoms with Gasteiger partial charge in [0, 0.05) is 42.5 Å². The Bertz CT molecular complexity index is 743. The summed E-state index contributed by atoms with van der Waals surface area (Å²) in [7, 11) is 0. The number of carbonyl (C=O) groups is 1. The van der Waals surface area contributed by atoms with Crippen LogP contribution in [0.25, 0.3) is 10.6 Å². The summed E-state index contributed by atoms with van der Waals surface area (Å²) in [6.45, 7) is 5.85. The number of amides is 1. The Kier molecular flexibility index (Phi) is 3.39. The molecular weight excluding hydrogens is 310 g/mol. The number of carbonyl (C=O) groups excluding carboxylic acids is 1. The first-order chi connectivity index (χ1) is 11.0. The summed E-state index contributed by atoms with van der Waals surface area (Å²) in [5.41, 5.74) is 1.64. The number of phenolic OH excluding ortho intramolecular Hbond substituents is 1. The van der Waals surface area contributed by atoms with E-state index in [4.69, 9.17) is 0 Å². The lowest BCUT2D eigenvalue weighted by molar-refractivity contribution is 0.0768. The van der Waals surface area contributed by atoms with Crippen LogP contribution in [0.2, 0.25) is 0 Å². The van der Waals surface area contributed by atoms with Crippen LogP contribution in [0.3, 0.4) is 0 Å². The van der Waals surface area contributed by atoms with Crippen molar-refractivity contribution in [1.29, 1.82) is 0 Å². The number of likely N-dealkylation sites (tertiary alicyclic amines) is 1. The first-order valence-corrected chi connectivity index (χ1v) is 8.68. The molecule has 2 fully saturated rings. The van der Waals surface area contributed by atoms with E-state index in [1.807, 2.05) is 22.4 Å². The Labute approximate surface area is 139 Å². The summed E-state index contributed by atoms with van der Waals surface area (Å²) in [6, 6.07) is 6.90. The summed E-state index contributed by atoms with van der Waals surface area (Å²) in [5.74, 6) is 0.802. The average Bonchev–Trinajstić information content (AvgIpc) is 3.20. The number of thiazole rings is 1. The molecule has 3 heterocycles. The topological polar surface area (TPSA) is 65.5 Å². The third-order valence-corrected chi connectivity index (χ3v) is 5.91. The molecule has 2 aromatic rings. The van der Waals surface area contributed by atoms with Crippen LogP contribution < -0.4 is 5.32 Å². The molecule has 0 aliphatic carbocycles. The van der Waals surface area contributed by atoms with Crippen molar-refractivity contribution < 1.29 is 9.90 Å². The van der Waals surface area contributed by atoms with Crippen molar-refractivity contribution >= 4 is 17.2 Å². The van der Waals surface area contributed by atoms with E-state index < -0.39 is 0 Å². The molecule has 4 rings (SSSR count). The molecule has 2 N–H and O–H groups in total. The number of aromatic hydroxyl groups is 1. The molecule has 1 amide bonds. The minimum absolute atomic E-state index is 0.0295. The van der Waals surface area contributed by atoms with Gasteiger partial charge in [0.2, 0.25) is 0 Å². The third kappa shape index (κ3) is 2.52. The summed E-state index contributed by atoms with van der Waals surface area (Å²) in [4.78, 5) is 19.2. The molecule has 1 aromatic carbocycles. The fourth-order valence-corrected chi connectivity index (χ4v) is 4.38. The molecule has 2 aliphatic rings. The highest BCUT2D eigenvalue weighted by Gasteiger charge is 2.47. The van der Waals surface area contributed by atoms with Crippen LogP contribution in [0.4, 0.5) is 0 Å². The van der Waals surface area contributed by atoms with Crippen molar-refractivity contribution in [3.05, 3.63) is 35.3 Å². The maximum absolute atomic E-state index is 12.7. The van der Waals surface area contributed by atoms with Gasteiger partial charge in [0.25, 0.3) is 5.91 Å². The van der Waals surface area contributed by atoms with Gasteiger partial charge in [-0.1, -0.05) is 6.92 Å². The van der Waals surface area contributed by atoms with Gasteiger partial charge in [0.05, 0.1) is 0 Å². The number of phenols is 1. The SMILES string of the molecule is C[C@]12CNC[C@H]1CN(C(=O)c1csc(-c3ccc(O)cc3)n1)C2. The minimum Gasteiger partial charge on any atom is -0.508 e. The number of rotatable bonds is 2. The summed E-state index contributed by atoms with van der Waals surface area (Å²) in [6.07, 6.45) is 0. The molecule has 0 radical (unpaired) electrons. The Morgan fingerprint density at radius 1 is 1.43 bits per heavy atom. The first-order valence-electron chi connectivity index (χ1n) is 7.80.